The molecule has 1 unspecified atom stereocenters. The number of nitrogens with zero attached hydrogens (tertiary/aromatic N) is 2. The summed E-state index contributed by atoms with van der Waals surface area (Å²) in [4.78, 5) is 8.36. The van der Waals surface area contributed by atoms with E-state index >= 15 is 0 Å². The van der Waals surface area contributed by atoms with Crippen molar-refractivity contribution < 1.29 is 9.90 Å². The highest BCUT2D eigenvalue weighted by atomic mass is 127. The van der Waals surface area contributed by atoms with Gasteiger partial charge in [0.05, 0.1) is 18.1 Å². The van der Waals surface area contributed by atoms with Gasteiger partial charge in [-0.25, -0.2) is 4.45 Å². The van der Waals surface area contributed by atoms with Gasteiger partial charge in [-0.2, -0.15) is 5.10 Å². The lowest BCUT2D eigenvalue weighted by atomic mass is 9.87. The smallest absolute Gasteiger partial charge is 0.290 e. The summed E-state index contributed by atoms with van der Waals surface area (Å²) in [6.45, 7) is 4.15. The van der Waals surface area contributed by atoms with E-state index in [1.165, 1.54) is 55.1 Å². The van der Waals surface area contributed by atoms with Crippen molar-refractivity contribution in [3.8, 4) is 0 Å². The first-order chi connectivity index (χ1) is 17.1. The fourth-order valence-electron chi connectivity index (χ4n) is 4.46. The van der Waals surface area contributed by atoms with Crippen LogP contribution >= 0.6 is 28.4 Å². The van der Waals surface area contributed by atoms with Crippen LogP contribution in [0.1, 0.15) is 35.6 Å². The fourth-order valence-corrected chi connectivity index (χ4v) is 6.01. The summed E-state index contributed by atoms with van der Waals surface area (Å²) in [7, 11) is 0. The van der Waals surface area contributed by atoms with Crippen molar-refractivity contribution in [3.05, 3.63) is 113 Å². The Morgan fingerprint density at radius 3 is 2.23 bits per heavy atom. The molecule has 0 aliphatic carbocycles. The van der Waals surface area contributed by atoms with Gasteiger partial charge in [-0.15, -0.1) is 0 Å². The molecule has 4 aromatic carbocycles. The molecule has 5 rings (SSSR count). The summed E-state index contributed by atoms with van der Waals surface area (Å²) < 4.78 is 2.07. The Hall–Kier alpha value is -3.02. The van der Waals surface area contributed by atoms with Gasteiger partial charge in [-0.3, -0.25) is 4.79 Å². The second kappa shape index (κ2) is 11.6. The Morgan fingerprint density at radius 1 is 0.914 bits per heavy atom. The Bertz CT molecular complexity index is 1510. The summed E-state index contributed by atoms with van der Waals surface area (Å²) >= 11 is 2.38. The number of hydrogen-bond donors (Lipinski definition) is 1. The van der Waals surface area contributed by atoms with Crippen LogP contribution in [0, 0.1) is 6.92 Å². The van der Waals surface area contributed by atoms with Crippen LogP contribution in [-0.2, 0) is 4.79 Å². The molecule has 1 aromatic heterocycles. The Balaban J connectivity index is 0.000000917. The summed E-state index contributed by atoms with van der Waals surface area (Å²) in [6, 6.07) is 31.1. The second-order valence-electron chi connectivity index (χ2n) is 8.16. The highest BCUT2D eigenvalue weighted by Gasteiger charge is 2.15. The van der Waals surface area contributed by atoms with Crippen LogP contribution in [0.4, 0.5) is 0 Å². The quantitative estimate of drug-likeness (QED) is 0.0966. The number of benzene rings is 4. The summed E-state index contributed by atoms with van der Waals surface area (Å²) in [5, 5.41) is 15.2. The number of hydrogen-bond acceptors (Lipinski definition) is 2. The normalized spacial score (nSPS) is 12.0. The van der Waals surface area contributed by atoms with Gasteiger partial charge in [0.25, 0.3) is 6.47 Å². The molecule has 6 heteroatoms. The largest absolute Gasteiger partial charge is 0.483 e. The number of carboxylic acid groups (broad SMARTS) is 1. The van der Waals surface area contributed by atoms with Crippen LogP contribution in [0.3, 0.4) is 0 Å². The first kappa shape index (κ1) is 25.1. The van der Waals surface area contributed by atoms with Crippen molar-refractivity contribution in [2.75, 3.05) is 0 Å². The molecule has 1 heterocycles. The van der Waals surface area contributed by atoms with Crippen molar-refractivity contribution in [2.24, 2.45) is 0 Å². The molecule has 0 fully saturated rings. The maximum Gasteiger partial charge on any atom is 0.290 e. The Kier molecular flexibility index (Phi) is 8.32. The number of carbonyl (C=O) groups is 1. The molecule has 35 heavy (non-hydrogen) atoms. The summed E-state index contributed by atoms with van der Waals surface area (Å²) in [5.74, 6) is 0. The summed E-state index contributed by atoms with van der Waals surface area (Å²) in [5.41, 5.74) is 8.90. The molecule has 0 amide bonds. The average Bonchev–Trinajstić information content (AvgIpc) is 3.30. The number of fused-ring (bicyclic) bond motifs is 2. The van der Waals surface area contributed by atoms with E-state index in [4.69, 9.17) is 9.90 Å². The van der Waals surface area contributed by atoms with Gasteiger partial charge in [0.15, 0.2) is 0 Å². The first-order valence-electron chi connectivity index (χ1n) is 11.3. The van der Waals surface area contributed by atoms with Gasteiger partial charge < -0.3 is 5.11 Å². The lowest BCUT2D eigenvalue weighted by molar-refractivity contribution is -0.122. The fraction of sp³-hybridized carbons (Fsp3) is 0.103. The molecule has 0 saturated heterocycles. The molecule has 4 nitrogen and oxygen atoms in total. The number of halogens is 1. The predicted molar refractivity (Wildman–Crippen MR) is 157 cm³/mol. The highest BCUT2D eigenvalue weighted by Crippen LogP contribution is 2.37. The predicted octanol–water partition coefficient (Wildman–Crippen LogP) is 8.36. The van der Waals surface area contributed by atoms with Crippen LogP contribution in [0.25, 0.3) is 32.8 Å². The molecule has 1 N–H and O–H groups in total. The topological polar surface area (TPSA) is 55.1 Å². The van der Waals surface area contributed by atoms with Crippen LogP contribution in [-0.4, -0.2) is 21.1 Å². The van der Waals surface area contributed by atoms with Crippen LogP contribution in [0.5, 0.6) is 0 Å². The molecule has 0 radical (unpaired) electrons. The van der Waals surface area contributed by atoms with Crippen LogP contribution in [0.2, 0.25) is 0 Å². The molecule has 0 bridgehead atoms. The second-order valence-corrected chi connectivity index (χ2v) is 10.2. The Labute approximate surface area is 220 Å². The van der Waals surface area contributed by atoms with Crippen LogP contribution in [0.15, 0.2) is 91.1 Å². The minimum atomic E-state index is -0.250. The zero-order valence-electron chi connectivity index (χ0n) is 19.6. The van der Waals surface area contributed by atoms with E-state index in [0.29, 0.717) is 6.37 Å². The Morgan fingerprint density at radius 2 is 1.54 bits per heavy atom. The van der Waals surface area contributed by atoms with E-state index in [9.17, 15) is 0 Å². The highest BCUT2D eigenvalue weighted by molar-refractivity contribution is 14.2. The molecule has 0 aliphatic rings. The number of aryl methyl sites for hydroxylation is 1. The third-order valence-corrected chi connectivity index (χ3v) is 7.89. The van der Waals surface area contributed by atoms with Gasteiger partial charge in [0.2, 0.25) is 0 Å². The minimum absolute atomic E-state index is 0.250. The third-order valence-electron chi connectivity index (χ3n) is 6.00. The summed E-state index contributed by atoms with van der Waals surface area (Å²) in [6.07, 6.45) is 3.54. The molecule has 0 spiro atoms. The van der Waals surface area contributed by atoms with Crippen molar-refractivity contribution in [3.63, 3.8) is 0 Å². The van der Waals surface area contributed by atoms with E-state index in [0.717, 1.165) is 6.42 Å². The average molecular weight is 592 g/mol. The molecule has 0 saturated carbocycles. The third kappa shape index (κ3) is 5.47. The van der Waals surface area contributed by atoms with Crippen molar-refractivity contribution in [1.82, 2.24) is 9.55 Å². The molecular weight excluding hydrogens is 566 g/mol. The maximum absolute atomic E-state index is 8.36. The van der Waals surface area contributed by atoms with Gasteiger partial charge in [-0.05, 0) is 92.2 Å². The molecular formula is C29H26IN2O2P. The van der Waals surface area contributed by atoms with Gasteiger partial charge in [0.1, 0.15) is 0 Å². The zero-order valence-corrected chi connectivity index (χ0v) is 22.7. The van der Waals surface area contributed by atoms with E-state index in [1.54, 1.807) is 0 Å². The first-order valence-corrected chi connectivity index (χ1v) is 15.4. The SMILES string of the molecule is CC/C(=C(/c1ccc2cc(C)ccc2c1)c1ccc2c(cnn2PI)c1)c1ccccc1.O=CO. The molecule has 1 atom stereocenters. The lowest BCUT2D eigenvalue weighted by Gasteiger charge is -2.17. The van der Waals surface area contributed by atoms with Crippen molar-refractivity contribution in [1.29, 1.82) is 0 Å². The van der Waals surface area contributed by atoms with Crippen molar-refractivity contribution >= 4 is 67.7 Å². The maximum atomic E-state index is 8.36. The van der Waals surface area contributed by atoms with Crippen molar-refractivity contribution in [2.45, 2.75) is 20.3 Å². The van der Waals surface area contributed by atoms with Crippen LogP contribution < -0.4 is 0 Å². The molecule has 176 valence electrons. The zero-order chi connectivity index (χ0) is 24.8. The number of allylic oxidation sites excluding steroid dienone is 1. The van der Waals surface area contributed by atoms with E-state index in [-0.39, 0.29) is 6.47 Å². The monoisotopic (exact) mass is 592 g/mol. The molecule has 0 aliphatic heterocycles. The lowest BCUT2D eigenvalue weighted by Crippen LogP contribution is -1.95. The van der Waals surface area contributed by atoms with Gasteiger partial charge in [0, 0.05) is 5.39 Å². The van der Waals surface area contributed by atoms with E-state index < -0.39 is 0 Å². The molecule has 5 aromatic rings. The van der Waals surface area contributed by atoms with Gasteiger partial charge in [-0.1, -0.05) is 79.2 Å². The standard InChI is InChI=1S/C28H24IN2P.CH2O2/c1-3-26(20-7-5-4-6-8-20)28(23-12-11-21-15-19(2)9-10-22(21)16-23)24-13-14-27-25(17-24)18-30-31(27)32-29;2-1-3/h4-18,32H,3H2,1-2H3;1H,(H,2,3)/b28-26+;. The number of aromatic nitrogens is 2. The van der Waals surface area contributed by atoms with E-state index in [2.05, 4.69) is 130 Å². The van der Waals surface area contributed by atoms with Gasteiger partial charge >= 0.3 is 0 Å². The number of rotatable bonds is 5. The minimum Gasteiger partial charge on any atom is -0.483 e. The van der Waals surface area contributed by atoms with E-state index in [1.807, 2.05) is 6.20 Å².